The molecular formula is C20H19Cl2HfP. The molecule has 1 aromatic carbocycles. The van der Waals surface area contributed by atoms with Gasteiger partial charge in [0.2, 0.25) is 0 Å². The number of benzene rings is 1. The Hall–Kier alpha value is -0.330. The minimum absolute atomic E-state index is 0. The SMILES string of the molecule is CC1=CC[C]([Hf+2][CH]2C(p3cccc3)=Cc3ccccc32)=C1C.[Cl-].[Cl-]. The summed E-state index contributed by atoms with van der Waals surface area (Å²) in [5.41, 5.74) is 6.22. The van der Waals surface area contributed by atoms with Crippen molar-refractivity contribution in [3.8, 4) is 0 Å². The van der Waals surface area contributed by atoms with Gasteiger partial charge in [-0.1, -0.05) is 0 Å². The summed E-state index contributed by atoms with van der Waals surface area (Å²) in [6.07, 6.45) is 6.17. The van der Waals surface area contributed by atoms with Crippen molar-refractivity contribution in [1.82, 2.24) is 0 Å². The minimum Gasteiger partial charge on any atom is -1.00 e. The predicted octanol–water partition coefficient (Wildman–Crippen LogP) is 0.441. The van der Waals surface area contributed by atoms with E-state index in [0.29, 0.717) is 0 Å². The monoisotopic (exact) mass is 540 g/mol. The van der Waals surface area contributed by atoms with Gasteiger partial charge >= 0.3 is 145 Å². The zero-order valence-corrected chi connectivity index (χ0v) is 19.8. The molecule has 4 heteroatoms. The van der Waals surface area contributed by atoms with Crippen LogP contribution in [0.3, 0.4) is 0 Å². The zero-order valence-electron chi connectivity index (χ0n) is 13.8. The minimum atomic E-state index is -0.889. The van der Waals surface area contributed by atoms with Crippen molar-refractivity contribution in [3.63, 3.8) is 0 Å². The number of hydrogen-bond acceptors (Lipinski definition) is 0. The molecule has 0 radical (unpaired) electrons. The molecule has 1 heterocycles. The average Bonchev–Trinajstić information content (AvgIpc) is 3.23. The fraction of sp³-hybridized carbons (Fsp3) is 0.200. The van der Waals surface area contributed by atoms with Crippen molar-refractivity contribution in [2.75, 3.05) is 0 Å². The summed E-state index contributed by atoms with van der Waals surface area (Å²) in [5.74, 6) is 4.84. The number of allylic oxidation sites excluding steroid dienone is 5. The van der Waals surface area contributed by atoms with Crippen molar-refractivity contribution in [2.45, 2.75) is 23.9 Å². The second-order valence-corrected chi connectivity index (χ2v) is 13.3. The van der Waals surface area contributed by atoms with Crippen LogP contribution in [-0.4, -0.2) is 0 Å². The molecule has 0 amide bonds. The molecule has 0 fully saturated rings. The molecule has 1 unspecified atom stereocenters. The number of fused-ring (bicyclic) bond motifs is 1. The molecule has 0 saturated carbocycles. The molecule has 2 aliphatic carbocycles. The van der Waals surface area contributed by atoms with Crippen LogP contribution in [-0.2, 0) is 22.9 Å². The smallest absolute Gasteiger partial charge is 1.00 e. The summed E-state index contributed by atoms with van der Waals surface area (Å²) in [6.45, 7) is 4.61. The summed E-state index contributed by atoms with van der Waals surface area (Å²) in [4.78, 5) is 0. The van der Waals surface area contributed by atoms with Crippen LogP contribution in [0.1, 0.15) is 35.1 Å². The van der Waals surface area contributed by atoms with E-state index in [2.05, 4.69) is 74.0 Å². The fourth-order valence-corrected chi connectivity index (χ4v) is 13.1. The maximum absolute atomic E-state index is 2.50. The van der Waals surface area contributed by atoms with E-state index in [9.17, 15) is 0 Å². The third-order valence-corrected chi connectivity index (χ3v) is 14.2. The van der Waals surface area contributed by atoms with E-state index in [1.807, 2.05) is 3.33 Å². The Bertz CT molecular complexity index is 816. The van der Waals surface area contributed by atoms with Gasteiger partial charge in [-0.15, -0.1) is 0 Å². The van der Waals surface area contributed by atoms with Gasteiger partial charge in [0.25, 0.3) is 0 Å². The first-order valence-corrected chi connectivity index (χ1v) is 13.2. The van der Waals surface area contributed by atoms with E-state index >= 15 is 0 Å². The fourth-order valence-electron chi connectivity index (χ4n) is 3.33. The summed E-state index contributed by atoms with van der Waals surface area (Å²) in [6, 6.07) is 13.5. The summed E-state index contributed by atoms with van der Waals surface area (Å²) < 4.78 is 2.59. The van der Waals surface area contributed by atoms with Crippen molar-refractivity contribution >= 4 is 18.9 Å². The Balaban J connectivity index is 0.00000104. The van der Waals surface area contributed by atoms with Crippen LogP contribution in [0.25, 0.3) is 11.4 Å². The molecule has 0 saturated heterocycles. The first kappa shape index (κ1) is 20.0. The average molecular weight is 540 g/mol. The van der Waals surface area contributed by atoms with Crippen LogP contribution in [0, 0.1) is 0 Å². The number of halogens is 2. The molecule has 2 aliphatic rings. The van der Waals surface area contributed by atoms with E-state index in [4.69, 9.17) is 0 Å². The first-order valence-electron chi connectivity index (χ1n) is 7.81. The van der Waals surface area contributed by atoms with Crippen LogP contribution >= 0.6 is 7.53 Å². The maximum atomic E-state index is 2.50. The molecule has 0 spiro atoms. The molecular weight excluding hydrogens is 521 g/mol. The molecule has 24 heavy (non-hydrogen) atoms. The van der Waals surface area contributed by atoms with Crippen molar-refractivity contribution in [1.29, 1.82) is 0 Å². The van der Waals surface area contributed by atoms with E-state index in [1.165, 1.54) is 17.6 Å². The molecule has 0 N–H and O–H groups in total. The van der Waals surface area contributed by atoms with Crippen molar-refractivity contribution in [3.05, 3.63) is 79.7 Å². The summed E-state index contributed by atoms with van der Waals surface area (Å²) in [5, 5.41) is 1.72. The van der Waals surface area contributed by atoms with Crippen LogP contribution < -0.4 is 24.8 Å². The molecule has 122 valence electrons. The molecule has 0 aliphatic heterocycles. The van der Waals surface area contributed by atoms with Gasteiger partial charge in [-0.25, -0.2) is 0 Å². The third-order valence-electron chi connectivity index (χ3n) is 4.78. The summed E-state index contributed by atoms with van der Waals surface area (Å²) >= 11 is -0.889. The van der Waals surface area contributed by atoms with Crippen LogP contribution in [0.15, 0.2) is 68.5 Å². The standard InChI is InChI=1S/C13H10P.C7H9.2ClH.Hf/c1-2-6-12-10-13(9-11(12)5-1)14-7-3-4-8-14;1-6-4-3-5-7(6)2;;;/h1-10H;4H,3H2,1-2H3;2*1H;/q;;;;+2/p-2. The third kappa shape index (κ3) is 3.61. The van der Waals surface area contributed by atoms with Crippen LogP contribution in [0.4, 0.5) is 0 Å². The van der Waals surface area contributed by atoms with Crippen LogP contribution in [0.5, 0.6) is 0 Å². The Morgan fingerprint density at radius 2 is 1.71 bits per heavy atom. The van der Waals surface area contributed by atoms with E-state index in [1.54, 1.807) is 16.5 Å². The zero-order chi connectivity index (χ0) is 15.1. The van der Waals surface area contributed by atoms with Gasteiger partial charge in [0.05, 0.1) is 0 Å². The number of rotatable bonds is 3. The van der Waals surface area contributed by atoms with Gasteiger partial charge in [0, 0.05) is 0 Å². The largest absolute Gasteiger partial charge is 1.00 e. The molecule has 1 aromatic heterocycles. The molecule has 0 nitrogen and oxygen atoms in total. The van der Waals surface area contributed by atoms with Gasteiger partial charge in [0.1, 0.15) is 0 Å². The Morgan fingerprint density at radius 3 is 2.38 bits per heavy atom. The van der Waals surface area contributed by atoms with Gasteiger partial charge in [-0.05, 0) is 0 Å². The van der Waals surface area contributed by atoms with E-state index in [0.717, 1.165) is 3.67 Å². The molecule has 0 bridgehead atoms. The normalized spacial score (nSPS) is 18.2. The van der Waals surface area contributed by atoms with Gasteiger partial charge < -0.3 is 24.8 Å². The topological polar surface area (TPSA) is 0 Å². The predicted molar refractivity (Wildman–Crippen MR) is 93.6 cm³/mol. The van der Waals surface area contributed by atoms with E-state index < -0.39 is 22.9 Å². The number of hydrogen-bond donors (Lipinski definition) is 0. The second kappa shape index (κ2) is 8.37. The maximum Gasteiger partial charge on any atom is -1.00 e. The van der Waals surface area contributed by atoms with Gasteiger partial charge in [0.15, 0.2) is 0 Å². The van der Waals surface area contributed by atoms with Gasteiger partial charge in [-0.2, -0.15) is 0 Å². The molecule has 1 atom stereocenters. The Labute approximate surface area is 169 Å². The van der Waals surface area contributed by atoms with Gasteiger partial charge in [-0.3, -0.25) is 0 Å². The Morgan fingerprint density at radius 1 is 1.00 bits per heavy atom. The second-order valence-electron chi connectivity index (χ2n) is 6.06. The quantitative estimate of drug-likeness (QED) is 0.497. The molecule has 4 rings (SSSR count). The summed E-state index contributed by atoms with van der Waals surface area (Å²) in [7, 11) is -0.168. The first-order chi connectivity index (χ1) is 10.7. The van der Waals surface area contributed by atoms with Crippen LogP contribution in [0.2, 0.25) is 0 Å². The molecule has 2 aromatic rings. The van der Waals surface area contributed by atoms with E-state index in [-0.39, 0.29) is 32.3 Å². The van der Waals surface area contributed by atoms with Crippen molar-refractivity contribution < 1.29 is 47.7 Å². The van der Waals surface area contributed by atoms with Crippen molar-refractivity contribution in [2.24, 2.45) is 0 Å². The Kier molecular flexibility index (Phi) is 6.97.